The molecule has 0 saturated heterocycles. The average molecular weight is 974 g/mol. The zero-order valence-corrected chi connectivity index (χ0v) is 40.1. The quantitative estimate of drug-likeness (QED) is 0.0859. The Morgan fingerprint density at radius 3 is 1.25 bits per heavy atom. The summed E-state index contributed by atoms with van der Waals surface area (Å²) in [7, 11) is 1.36. The second-order valence-electron chi connectivity index (χ2n) is 17.2. The van der Waals surface area contributed by atoms with Gasteiger partial charge in [-0.25, -0.2) is 9.59 Å². The van der Waals surface area contributed by atoms with E-state index in [2.05, 4.69) is 33.4 Å². The highest BCUT2D eigenvalue weighted by Gasteiger charge is 2.21. The van der Waals surface area contributed by atoms with Crippen LogP contribution in [-0.4, -0.2) is 44.9 Å². The van der Waals surface area contributed by atoms with Gasteiger partial charge in [0.25, 0.3) is 0 Å². The van der Waals surface area contributed by atoms with Gasteiger partial charge in [-0.1, -0.05) is 169 Å². The van der Waals surface area contributed by atoms with E-state index in [0.717, 1.165) is 49.6 Å². The maximum atomic E-state index is 13.5. The molecule has 8 aromatic carbocycles. The molecule has 0 atom stereocenters. The van der Waals surface area contributed by atoms with Gasteiger partial charge >= 0.3 is 11.9 Å². The third kappa shape index (κ3) is 11.0. The number of methoxy groups -OCH3 is 1. The molecule has 2 heterocycles. The van der Waals surface area contributed by atoms with Crippen LogP contribution in [0.5, 0.6) is 0 Å². The molecule has 0 aliphatic carbocycles. The van der Waals surface area contributed by atoms with Crippen LogP contribution in [-0.2, 0) is 30.7 Å². The summed E-state index contributed by atoms with van der Waals surface area (Å²) in [6, 6.07) is 61.1. The number of fused-ring (bicyclic) bond motifs is 2. The summed E-state index contributed by atoms with van der Waals surface area (Å²) in [4.78, 5) is 51.1. The number of benzene rings is 8. The van der Waals surface area contributed by atoms with Crippen LogP contribution in [0.25, 0.3) is 21.8 Å². The van der Waals surface area contributed by atoms with Gasteiger partial charge in [-0.2, -0.15) is 0 Å². The van der Waals surface area contributed by atoms with Crippen molar-refractivity contribution < 1.29 is 29.0 Å². The number of ketones is 2. The lowest BCUT2D eigenvalue weighted by Crippen LogP contribution is -2.06. The minimum atomic E-state index is -1.02. The maximum absolute atomic E-state index is 13.5. The molecule has 0 aliphatic rings. The number of hydrogen-bond donors (Lipinski definition) is 1. The lowest BCUT2D eigenvalue weighted by Gasteiger charge is -2.10. The molecule has 350 valence electrons. The molecule has 0 bridgehead atoms. The lowest BCUT2D eigenvalue weighted by molar-refractivity contribution is 0.0598. The van der Waals surface area contributed by atoms with Crippen LogP contribution in [0, 0.1) is 0 Å². The molecule has 10 heteroatoms. The van der Waals surface area contributed by atoms with Gasteiger partial charge in [0.15, 0.2) is 11.6 Å². The van der Waals surface area contributed by atoms with E-state index in [0.29, 0.717) is 69.4 Å². The predicted molar refractivity (Wildman–Crippen MR) is 282 cm³/mol. The Labute approximate surface area is 420 Å². The minimum Gasteiger partial charge on any atom is -0.478 e. The molecular formula is C61H46Cl2N2O6. The van der Waals surface area contributed by atoms with Gasteiger partial charge in [0.05, 0.1) is 18.2 Å². The zero-order valence-electron chi connectivity index (χ0n) is 38.6. The summed E-state index contributed by atoms with van der Waals surface area (Å²) in [5, 5.41) is 12.2. The third-order valence-corrected chi connectivity index (χ3v) is 12.9. The number of aromatic nitrogens is 2. The summed E-state index contributed by atoms with van der Waals surface area (Å²) >= 11 is 12.2. The number of carbonyl (C=O) groups excluding carboxylic acids is 3. The molecule has 0 radical (unpaired) electrons. The molecule has 0 fully saturated rings. The maximum Gasteiger partial charge on any atom is 0.338 e. The van der Waals surface area contributed by atoms with Crippen LogP contribution in [0.3, 0.4) is 0 Å². The Bertz CT molecular complexity index is 3570. The van der Waals surface area contributed by atoms with Crippen molar-refractivity contribution in [3.05, 3.63) is 283 Å². The molecule has 10 rings (SSSR count). The van der Waals surface area contributed by atoms with Crippen LogP contribution in [0.15, 0.2) is 207 Å². The van der Waals surface area contributed by atoms with Gasteiger partial charge in [0.2, 0.25) is 0 Å². The van der Waals surface area contributed by atoms with Gasteiger partial charge in [0.1, 0.15) is 0 Å². The third-order valence-electron chi connectivity index (χ3n) is 12.4. The van der Waals surface area contributed by atoms with E-state index in [1.807, 2.05) is 152 Å². The first-order valence-corrected chi connectivity index (χ1v) is 23.7. The van der Waals surface area contributed by atoms with E-state index in [9.17, 15) is 24.3 Å². The number of rotatable bonds is 14. The molecule has 71 heavy (non-hydrogen) atoms. The van der Waals surface area contributed by atoms with Crippen LogP contribution < -0.4 is 0 Å². The molecule has 0 aliphatic heterocycles. The van der Waals surface area contributed by atoms with Crippen molar-refractivity contribution in [2.24, 2.45) is 0 Å². The highest BCUT2D eigenvalue weighted by atomic mass is 35.5. The van der Waals surface area contributed by atoms with E-state index in [-0.39, 0.29) is 17.1 Å². The van der Waals surface area contributed by atoms with Crippen molar-refractivity contribution >= 4 is 68.5 Å². The molecule has 0 saturated carbocycles. The first kappa shape index (κ1) is 47.8. The van der Waals surface area contributed by atoms with Gasteiger partial charge in [-0.15, -0.1) is 0 Å². The normalized spacial score (nSPS) is 11.0. The summed E-state index contributed by atoms with van der Waals surface area (Å²) in [6.45, 7) is 1.29. The number of aromatic carboxylic acids is 1. The highest BCUT2D eigenvalue weighted by Crippen LogP contribution is 2.31. The van der Waals surface area contributed by atoms with E-state index in [1.165, 1.54) is 13.2 Å². The van der Waals surface area contributed by atoms with Crippen LogP contribution in [0.4, 0.5) is 0 Å². The predicted octanol–water partition coefficient (Wildman–Crippen LogP) is 13.8. The van der Waals surface area contributed by atoms with Gasteiger partial charge < -0.3 is 19.0 Å². The number of carbonyl (C=O) groups is 4. The highest BCUT2D eigenvalue weighted by molar-refractivity contribution is 6.31. The summed E-state index contributed by atoms with van der Waals surface area (Å²) < 4.78 is 9.16. The van der Waals surface area contributed by atoms with Crippen LogP contribution >= 0.6 is 23.2 Å². The number of hydrogen-bond acceptors (Lipinski definition) is 5. The van der Waals surface area contributed by atoms with Crippen molar-refractivity contribution in [3.63, 3.8) is 0 Å². The number of ether oxygens (including phenoxy) is 1. The molecule has 8 nitrogen and oxygen atoms in total. The van der Waals surface area contributed by atoms with Crippen molar-refractivity contribution in [1.29, 1.82) is 0 Å². The van der Waals surface area contributed by atoms with Crippen molar-refractivity contribution in [2.75, 3.05) is 7.11 Å². The Morgan fingerprint density at radius 2 is 0.845 bits per heavy atom. The van der Waals surface area contributed by atoms with Crippen molar-refractivity contribution in [1.82, 2.24) is 9.13 Å². The first-order chi connectivity index (χ1) is 34.5. The topological polar surface area (TPSA) is 108 Å². The molecule has 0 amide bonds. The SMILES string of the molecule is COC(=O)c1cc(Cl)ccc1Cc1ccc2c(c1)c(C(=O)c1ccccc1)cn2Cc1ccccc1.O=C(O)c1cc(Cl)ccc1Cc1ccc2c(c1)c(C(=O)c1ccccc1)cn2Cc1ccccc1. The Morgan fingerprint density at radius 1 is 0.451 bits per heavy atom. The first-order valence-electron chi connectivity index (χ1n) is 22.9. The molecule has 2 aromatic heterocycles. The number of nitrogens with zero attached hydrogens (tertiary/aromatic N) is 2. The average Bonchev–Trinajstić information content (AvgIpc) is 3.94. The van der Waals surface area contributed by atoms with Crippen LogP contribution in [0.1, 0.15) is 85.9 Å². The molecular weight excluding hydrogens is 928 g/mol. The number of carboxylic acid groups (broad SMARTS) is 1. The number of carboxylic acids is 1. The van der Waals surface area contributed by atoms with E-state index in [1.54, 1.807) is 24.3 Å². The van der Waals surface area contributed by atoms with E-state index < -0.39 is 11.9 Å². The molecule has 1 N–H and O–H groups in total. The molecule has 0 unspecified atom stereocenters. The second-order valence-corrected chi connectivity index (χ2v) is 18.0. The Hall–Kier alpha value is -8.30. The summed E-state index contributed by atoms with van der Waals surface area (Å²) in [6.07, 6.45) is 4.78. The molecule has 10 aromatic rings. The fraction of sp³-hybridized carbons (Fsp3) is 0.0820. The van der Waals surface area contributed by atoms with Crippen LogP contribution in [0.2, 0.25) is 10.0 Å². The Balaban J connectivity index is 0.000000176. The fourth-order valence-corrected chi connectivity index (χ4v) is 9.27. The number of halogens is 2. The number of esters is 1. The summed E-state index contributed by atoms with van der Waals surface area (Å²) in [5.74, 6) is -1.51. The smallest absolute Gasteiger partial charge is 0.338 e. The standard InChI is InChI=1S/C31H24ClNO3.C30H22ClNO3/c1-36-31(35)26-18-25(32)14-13-24(26)16-22-12-15-29-27(17-22)28(30(34)23-10-6-3-7-11-23)20-33(29)19-21-8-4-2-5-9-21;31-24-13-12-23(25(17-24)30(34)35)15-21-11-14-28-26(16-21)27(29(33)22-9-5-2-6-10-22)19-32(28)18-20-7-3-1-4-8-20/h2-15,17-18,20H,16,19H2,1H3;1-14,16-17,19H,15,18H2,(H,34,35). The van der Waals surface area contributed by atoms with Gasteiger partial charge in [-0.3, -0.25) is 9.59 Å². The second kappa shape index (κ2) is 21.6. The van der Waals surface area contributed by atoms with Gasteiger partial charge in [0, 0.05) is 79.6 Å². The van der Waals surface area contributed by atoms with E-state index >= 15 is 0 Å². The van der Waals surface area contributed by atoms with Crippen molar-refractivity contribution in [3.8, 4) is 0 Å². The lowest BCUT2D eigenvalue weighted by atomic mass is 9.97. The van der Waals surface area contributed by atoms with E-state index in [4.69, 9.17) is 27.9 Å². The van der Waals surface area contributed by atoms with Gasteiger partial charge in [-0.05, 0) is 94.8 Å². The Kier molecular flexibility index (Phi) is 14.5. The summed E-state index contributed by atoms with van der Waals surface area (Å²) in [5.41, 5.74) is 10.8. The van der Waals surface area contributed by atoms with Crippen molar-refractivity contribution in [2.45, 2.75) is 25.9 Å². The minimum absolute atomic E-state index is 0.0219. The molecule has 0 spiro atoms. The zero-order chi connectivity index (χ0) is 49.4. The fourth-order valence-electron chi connectivity index (χ4n) is 8.93. The largest absolute Gasteiger partial charge is 0.478 e. The monoisotopic (exact) mass is 972 g/mol.